The molecule has 2 aromatic carbocycles. The molecule has 0 atom stereocenters. The van der Waals surface area contributed by atoms with E-state index in [1.54, 1.807) is 18.2 Å². The van der Waals surface area contributed by atoms with Gasteiger partial charge in [-0.3, -0.25) is 14.9 Å². The van der Waals surface area contributed by atoms with Crippen molar-refractivity contribution >= 4 is 28.9 Å². The number of ether oxygens (including phenoxy) is 2. The van der Waals surface area contributed by atoms with Crippen molar-refractivity contribution in [2.24, 2.45) is 0 Å². The number of benzene rings is 2. The third kappa shape index (κ3) is 4.85. The van der Waals surface area contributed by atoms with Gasteiger partial charge in [0.15, 0.2) is 0 Å². The molecule has 126 valence electrons. The van der Waals surface area contributed by atoms with Crippen LogP contribution in [0.2, 0.25) is 5.02 Å². The zero-order valence-electron chi connectivity index (χ0n) is 12.8. The van der Waals surface area contributed by atoms with Crippen molar-refractivity contribution in [2.45, 2.75) is 6.42 Å². The predicted octanol–water partition coefficient (Wildman–Crippen LogP) is 3.66. The maximum atomic E-state index is 11.9. The van der Waals surface area contributed by atoms with E-state index >= 15 is 0 Å². The normalized spacial score (nSPS) is 10.1. The van der Waals surface area contributed by atoms with Crippen LogP contribution in [0, 0.1) is 10.1 Å². The number of nitrogens with zero attached hydrogens (tertiary/aromatic N) is 1. The van der Waals surface area contributed by atoms with Crippen molar-refractivity contribution in [1.82, 2.24) is 0 Å². The first-order valence-electron chi connectivity index (χ1n) is 7.00. The Morgan fingerprint density at radius 2 is 1.96 bits per heavy atom. The number of methoxy groups -OCH3 is 1. The molecule has 0 aliphatic rings. The van der Waals surface area contributed by atoms with Gasteiger partial charge in [-0.15, -0.1) is 0 Å². The summed E-state index contributed by atoms with van der Waals surface area (Å²) in [7, 11) is 1.51. The highest BCUT2D eigenvalue weighted by molar-refractivity contribution is 6.32. The quantitative estimate of drug-likeness (QED) is 0.607. The van der Waals surface area contributed by atoms with Gasteiger partial charge in [0.2, 0.25) is 5.91 Å². The fourth-order valence-electron chi connectivity index (χ4n) is 1.89. The minimum atomic E-state index is -0.489. The fourth-order valence-corrected chi connectivity index (χ4v) is 2.15. The number of carbonyl (C=O) groups is 1. The van der Waals surface area contributed by atoms with E-state index in [1.807, 2.05) is 0 Å². The molecular weight excluding hydrogens is 336 g/mol. The van der Waals surface area contributed by atoms with Crippen LogP contribution in [-0.4, -0.2) is 24.5 Å². The highest BCUT2D eigenvalue weighted by atomic mass is 35.5. The first-order valence-corrected chi connectivity index (χ1v) is 7.38. The Balaban J connectivity index is 1.80. The smallest absolute Gasteiger partial charge is 0.269 e. The molecule has 0 fully saturated rings. The zero-order chi connectivity index (χ0) is 17.5. The van der Waals surface area contributed by atoms with E-state index in [1.165, 1.54) is 31.4 Å². The van der Waals surface area contributed by atoms with Gasteiger partial charge in [0.05, 0.1) is 30.1 Å². The first-order chi connectivity index (χ1) is 11.5. The molecule has 0 aromatic heterocycles. The fraction of sp³-hybridized carbons (Fsp3) is 0.188. The van der Waals surface area contributed by atoms with Gasteiger partial charge in [-0.1, -0.05) is 11.6 Å². The number of carbonyl (C=O) groups excluding carboxylic acids is 1. The van der Waals surface area contributed by atoms with Crippen molar-refractivity contribution in [3.05, 3.63) is 57.6 Å². The molecule has 24 heavy (non-hydrogen) atoms. The number of amides is 1. The molecule has 0 spiro atoms. The minimum Gasteiger partial charge on any atom is -0.495 e. The lowest BCUT2D eigenvalue weighted by Crippen LogP contribution is -2.15. The van der Waals surface area contributed by atoms with Crippen LogP contribution in [0.1, 0.15) is 6.42 Å². The van der Waals surface area contributed by atoms with E-state index in [-0.39, 0.29) is 24.6 Å². The second kappa shape index (κ2) is 8.16. The van der Waals surface area contributed by atoms with Crippen LogP contribution in [0.15, 0.2) is 42.5 Å². The summed E-state index contributed by atoms with van der Waals surface area (Å²) in [5, 5.41) is 13.6. The molecule has 8 heteroatoms. The molecule has 0 aliphatic heterocycles. The lowest BCUT2D eigenvalue weighted by molar-refractivity contribution is -0.384. The van der Waals surface area contributed by atoms with E-state index in [0.717, 1.165) is 0 Å². The van der Waals surface area contributed by atoms with Crippen LogP contribution >= 0.6 is 11.6 Å². The van der Waals surface area contributed by atoms with E-state index in [9.17, 15) is 14.9 Å². The second-order valence-corrected chi connectivity index (χ2v) is 5.15. The molecule has 0 heterocycles. The Labute approximate surface area is 143 Å². The van der Waals surface area contributed by atoms with Crippen molar-refractivity contribution in [3.63, 3.8) is 0 Å². The molecule has 1 amide bonds. The second-order valence-electron chi connectivity index (χ2n) is 4.75. The van der Waals surface area contributed by atoms with E-state index < -0.39 is 4.92 Å². The van der Waals surface area contributed by atoms with Crippen molar-refractivity contribution in [3.8, 4) is 11.5 Å². The summed E-state index contributed by atoms with van der Waals surface area (Å²) in [5.41, 5.74) is 0.539. The summed E-state index contributed by atoms with van der Waals surface area (Å²) in [5.74, 6) is 0.746. The Bertz CT molecular complexity index is 734. The molecular formula is C16H15ClN2O5. The molecule has 2 aromatic rings. The molecule has 0 saturated carbocycles. The summed E-state index contributed by atoms with van der Waals surface area (Å²) < 4.78 is 10.4. The Hall–Kier alpha value is -2.80. The van der Waals surface area contributed by atoms with Gasteiger partial charge in [0, 0.05) is 17.8 Å². The van der Waals surface area contributed by atoms with Gasteiger partial charge < -0.3 is 14.8 Å². The third-order valence-corrected chi connectivity index (χ3v) is 3.38. The molecule has 0 saturated heterocycles. The average molecular weight is 351 g/mol. The van der Waals surface area contributed by atoms with E-state index in [4.69, 9.17) is 21.1 Å². The van der Waals surface area contributed by atoms with Gasteiger partial charge in [-0.05, 0) is 30.3 Å². The number of hydrogen-bond acceptors (Lipinski definition) is 5. The monoisotopic (exact) mass is 350 g/mol. The number of rotatable bonds is 7. The maximum absolute atomic E-state index is 11.9. The maximum Gasteiger partial charge on any atom is 0.269 e. The minimum absolute atomic E-state index is 0.0172. The summed E-state index contributed by atoms with van der Waals surface area (Å²) in [6.45, 7) is 0.146. The predicted molar refractivity (Wildman–Crippen MR) is 89.8 cm³/mol. The number of halogens is 1. The average Bonchev–Trinajstić information content (AvgIpc) is 2.55. The van der Waals surface area contributed by atoms with Crippen LogP contribution in [0.25, 0.3) is 0 Å². The Morgan fingerprint density at radius 1 is 1.25 bits per heavy atom. The molecule has 0 aliphatic carbocycles. The van der Waals surface area contributed by atoms with E-state index in [0.29, 0.717) is 22.2 Å². The molecule has 7 nitrogen and oxygen atoms in total. The molecule has 1 N–H and O–H groups in total. The summed E-state index contributed by atoms with van der Waals surface area (Å²) in [6, 6.07) is 10.6. The first kappa shape index (κ1) is 17.6. The lowest BCUT2D eigenvalue weighted by atomic mass is 10.3. The molecule has 0 unspecified atom stereocenters. The van der Waals surface area contributed by atoms with Gasteiger partial charge in [-0.25, -0.2) is 0 Å². The van der Waals surface area contributed by atoms with Crippen molar-refractivity contribution < 1.29 is 19.2 Å². The summed E-state index contributed by atoms with van der Waals surface area (Å²) in [4.78, 5) is 21.9. The van der Waals surface area contributed by atoms with Crippen molar-refractivity contribution in [2.75, 3.05) is 19.0 Å². The van der Waals surface area contributed by atoms with Crippen LogP contribution < -0.4 is 14.8 Å². The summed E-state index contributed by atoms with van der Waals surface area (Å²) in [6.07, 6.45) is 0.126. The third-order valence-electron chi connectivity index (χ3n) is 3.08. The summed E-state index contributed by atoms with van der Waals surface area (Å²) >= 11 is 5.98. The van der Waals surface area contributed by atoms with Crippen molar-refractivity contribution in [1.29, 1.82) is 0 Å². The van der Waals surface area contributed by atoms with Gasteiger partial charge in [0.25, 0.3) is 5.69 Å². The van der Waals surface area contributed by atoms with Gasteiger partial charge >= 0.3 is 0 Å². The zero-order valence-corrected chi connectivity index (χ0v) is 13.6. The number of non-ortho nitro benzene ring substituents is 1. The largest absolute Gasteiger partial charge is 0.495 e. The van der Waals surface area contributed by atoms with Crippen LogP contribution in [0.3, 0.4) is 0 Å². The highest BCUT2D eigenvalue weighted by Gasteiger charge is 2.07. The standard InChI is InChI=1S/C16H15ClN2O5/c1-23-15-7-2-11(10-14(15)17)18-16(20)8-9-24-13-5-3-12(4-6-13)19(21)22/h2-7,10H,8-9H2,1H3,(H,18,20). The van der Waals surface area contributed by atoms with Gasteiger partial charge in [0.1, 0.15) is 11.5 Å². The Kier molecular flexibility index (Phi) is 5.97. The Morgan fingerprint density at radius 3 is 2.54 bits per heavy atom. The number of nitrogens with one attached hydrogen (secondary N) is 1. The topological polar surface area (TPSA) is 90.7 Å². The number of hydrogen-bond donors (Lipinski definition) is 1. The van der Waals surface area contributed by atoms with Gasteiger partial charge in [-0.2, -0.15) is 0 Å². The number of nitro benzene ring substituents is 1. The molecule has 0 bridgehead atoms. The highest BCUT2D eigenvalue weighted by Crippen LogP contribution is 2.27. The van der Waals surface area contributed by atoms with E-state index in [2.05, 4.69) is 5.32 Å². The molecule has 2 rings (SSSR count). The lowest BCUT2D eigenvalue weighted by Gasteiger charge is -2.09. The van der Waals surface area contributed by atoms with Crippen LogP contribution in [0.4, 0.5) is 11.4 Å². The molecule has 0 radical (unpaired) electrons. The van der Waals surface area contributed by atoms with Crippen LogP contribution in [-0.2, 0) is 4.79 Å². The number of nitro groups is 1. The number of anilines is 1. The van der Waals surface area contributed by atoms with Crippen LogP contribution in [0.5, 0.6) is 11.5 Å². The SMILES string of the molecule is COc1ccc(NC(=O)CCOc2ccc([N+](=O)[O-])cc2)cc1Cl.